The van der Waals surface area contributed by atoms with Gasteiger partial charge in [-0.25, -0.2) is 0 Å². The van der Waals surface area contributed by atoms with E-state index in [1.807, 2.05) is 42.5 Å². The Morgan fingerprint density at radius 1 is 1.05 bits per heavy atom. The van der Waals surface area contributed by atoms with Crippen molar-refractivity contribution in [2.24, 2.45) is 0 Å². The van der Waals surface area contributed by atoms with Gasteiger partial charge in [0.1, 0.15) is 0 Å². The lowest BCUT2D eigenvalue weighted by Crippen LogP contribution is -2.19. The summed E-state index contributed by atoms with van der Waals surface area (Å²) in [5, 5.41) is 9.36. The highest BCUT2D eigenvalue weighted by atomic mass is 16.5. The van der Waals surface area contributed by atoms with Crippen LogP contribution >= 0.6 is 0 Å². The van der Waals surface area contributed by atoms with E-state index in [-0.39, 0.29) is 0 Å². The van der Waals surface area contributed by atoms with Crippen LogP contribution in [0.15, 0.2) is 42.5 Å². The van der Waals surface area contributed by atoms with Crippen LogP contribution in [0.2, 0.25) is 0 Å². The van der Waals surface area contributed by atoms with E-state index in [0.717, 1.165) is 16.7 Å². The van der Waals surface area contributed by atoms with Crippen LogP contribution in [0.5, 0.6) is 11.5 Å². The zero-order valence-corrected chi connectivity index (χ0v) is 12.6. The van der Waals surface area contributed by atoms with Crippen LogP contribution in [0, 0.1) is 0 Å². The molecule has 114 valence electrons. The molecule has 0 atom stereocenters. The van der Waals surface area contributed by atoms with Gasteiger partial charge in [0.25, 0.3) is 0 Å². The molecule has 0 saturated heterocycles. The second-order valence-corrected chi connectivity index (χ2v) is 5.51. The van der Waals surface area contributed by atoms with Crippen molar-refractivity contribution in [3.8, 4) is 22.6 Å². The molecule has 4 heteroatoms. The van der Waals surface area contributed by atoms with E-state index in [1.54, 1.807) is 14.2 Å². The van der Waals surface area contributed by atoms with Crippen LogP contribution in [-0.4, -0.2) is 25.3 Å². The van der Waals surface area contributed by atoms with Crippen molar-refractivity contribution < 1.29 is 19.4 Å². The molecule has 0 unspecified atom stereocenters. The number of carboxylic acid groups (broad SMARTS) is 1. The fraction of sp³-hybridized carbons (Fsp3) is 0.278. The summed E-state index contributed by atoms with van der Waals surface area (Å²) in [6.45, 7) is 0. The molecule has 0 spiro atoms. The van der Waals surface area contributed by atoms with E-state index >= 15 is 0 Å². The summed E-state index contributed by atoms with van der Waals surface area (Å²) < 4.78 is 10.8. The summed E-state index contributed by atoms with van der Waals surface area (Å²) >= 11 is 0. The average molecular weight is 298 g/mol. The van der Waals surface area contributed by atoms with E-state index < -0.39 is 11.4 Å². The highest BCUT2D eigenvalue weighted by Crippen LogP contribution is 2.49. The number of para-hydroxylation sites is 1. The smallest absolute Gasteiger partial charge is 0.314 e. The molecule has 1 fully saturated rings. The second kappa shape index (κ2) is 5.37. The highest BCUT2D eigenvalue weighted by molar-refractivity contribution is 5.85. The van der Waals surface area contributed by atoms with Crippen molar-refractivity contribution in [3.05, 3.63) is 48.0 Å². The Labute approximate surface area is 129 Å². The Balaban J connectivity index is 1.99. The number of methoxy groups -OCH3 is 2. The van der Waals surface area contributed by atoms with Gasteiger partial charge in [-0.2, -0.15) is 0 Å². The van der Waals surface area contributed by atoms with E-state index in [1.165, 1.54) is 0 Å². The predicted octanol–water partition coefficient (Wildman–Crippen LogP) is 3.49. The molecule has 2 aromatic rings. The largest absolute Gasteiger partial charge is 0.493 e. The molecule has 4 nitrogen and oxygen atoms in total. The maximum atomic E-state index is 11.4. The normalized spacial score (nSPS) is 15.2. The maximum absolute atomic E-state index is 11.4. The van der Waals surface area contributed by atoms with Crippen LogP contribution in [0.25, 0.3) is 11.1 Å². The summed E-state index contributed by atoms with van der Waals surface area (Å²) in [7, 11) is 3.22. The van der Waals surface area contributed by atoms with E-state index in [4.69, 9.17) is 9.47 Å². The molecular formula is C18H18O4. The molecule has 0 aliphatic heterocycles. The molecule has 2 aromatic carbocycles. The zero-order valence-electron chi connectivity index (χ0n) is 12.6. The molecule has 1 aliphatic rings. The molecule has 0 radical (unpaired) electrons. The lowest BCUT2D eigenvalue weighted by atomic mass is 9.93. The third kappa shape index (κ3) is 2.21. The molecule has 1 aliphatic carbocycles. The van der Waals surface area contributed by atoms with Gasteiger partial charge in [0.05, 0.1) is 19.6 Å². The minimum absolute atomic E-state index is 0.670. The molecule has 0 aromatic heterocycles. The third-order valence-corrected chi connectivity index (χ3v) is 4.31. The summed E-state index contributed by atoms with van der Waals surface area (Å²) in [6.07, 6.45) is 1.42. The average Bonchev–Trinajstić information content (AvgIpc) is 3.36. The van der Waals surface area contributed by atoms with E-state index in [9.17, 15) is 9.90 Å². The molecule has 0 amide bonds. The highest BCUT2D eigenvalue weighted by Gasteiger charge is 2.51. The molecule has 22 heavy (non-hydrogen) atoms. The second-order valence-electron chi connectivity index (χ2n) is 5.51. The topological polar surface area (TPSA) is 55.8 Å². The van der Waals surface area contributed by atoms with Crippen molar-refractivity contribution in [2.75, 3.05) is 14.2 Å². The lowest BCUT2D eigenvalue weighted by molar-refractivity contribution is -0.140. The van der Waals surface area contributed by atoms with Gasteiger partial charge in [0, 0.05) is 5.56 Å². The first-order valence-corrected chi connectivity index (χ1v) is 7.17. The van der Waals surface area contributed by atoms with Gasteiger partial charge in [-0.1, -0.05) is 36.4 Å². The SMILES string of the molecule is COc1cccc(-c2ccc(C3(C(=O)O)CC3)cc2)c1OC. The summed E-state index contributed by atoms with van der Waals surface area (Å²) in [5.74, 6) is 0.615. The molecule has 3 rings (SSSR count). The van der Waals surface area contributed by atoms with Crippen LogP contribution < -0.4 is 9.47 Å². The monoisotopic (exact) mass is 298 g/mol. The van der Waals surface area contributed by atoms with E-state index in [0.29, 0.717) is 24.3 Å². The van der Waals surface area contributed by atoms with Gasteiger partial charge in [-0.15, -0.1) is 0 Å². The Bertz CT molecular complexity index is 700. The van der Waals surface area contributed by atoms with Gasteiger partial charge in [-0.05, 0) is 30.0 Å². The van der Waals surface area contributed by atoms with Gasteiger partial charge < -0.3 is 14.6 Å². The minimum atomic E-state index is -0.737. The Morgan fingerprint density at radius 3 is 2.23 bits per heavy atom. The Kier molecular flexibility index (Phi) is 3.53. The summed E-state index contributed by atoms with van der Waals surface area (Å²) in [4.78, 5) is 11.4. The Hall–Kier alpha value is -2.49. The molecule has 1 saturated carbocycles. The number of benzene rings is 2. The number of rotatable bonds is 5. The van der Waals surface area contributed by atoms with Gasteiger partial charge >= 0.3 is 5.97 Å². The minimum Gasteiger partial charge on any atom is -0.493 e. The number of aliphatic carboxylic acids is 1. The number of hydrogen-bond donors (Lipinski definition) is 1. The molecule has 0 bridgehead atoms. The lowest BCUT2D eigenvalue weighted by Gasteiger charge is -2.14. The van der Waals surface area contributed by atoms with Crippen LogP contribution in [0.1, 0.15) is 18.4 Å². The van der Waals surface area contributed by atoms with Crippen LogP contribution in [-0.2, 0) is 10.2 Å². The summed E-state index contributed by atoms with van der Waals surface area (Å²) in [6, 6.07) is 13.4. The first-order chi connectivity index (χ1) is 10.6. The number of hydrogen-bond acceptors (Lipinski definition) is 3. The first kappa shape index (κ1) is 14.4. The number of carbonyl (C=O) groups is 1. The van der Waals surface area contributed by atoms with Crippen molar-refractivity contribution in [1.82, 2.24) is 0 Å². The standard InChI is InChI=1S/C18H18O4/c1-21-15-5-3-4-14(16(15)22-2)12-6-8-13(9-7-12)18(10-11-18)17(19)20/h3-9H,10-11H2,1-2H3,(H,19,20). The van der Waals surface area contributed by atoms with Crippen molar-refractivity contribution in [1.29, 1.82) is 0 Å². The van der Waals surface area contributed by atoms with Gasteiger partial charge in [0.15, 0.2) is 11.5 Å². The maximum Gasteiger partial charge on any atom is 0.314 e. The molecule has 1 N–H and O–H groups in total. The fourth-order valence-corrected chi connectivity index (χ4v) is 2.83. The van der Waals surface area contributed by atoms with Gasteiger partial charge in [0.2, 0.25) is 0 Å². The zero-order chi connectivity index (χ0) is 15.7. The van der Waals surface area contributed by atoms with Crippen LogP contribution in [0.4, 0.5) is 0 Å². The van der Waals surface area contributed by atoms with Crippen molar-refractivity contribution >= 4 is 5.97 Å². The molecule has 0 heterocycles. The first-order valence-electron chi connectivity index (χ1n) is 7.17. The van der Waals surface area contributed by atoms with Crippen molar-refractivity contribution in [2.45, 2.75) is 18.3 Å². The van der Waals surface area contributed by atoms with Gasteiger partial charge in [-0.3, -0.25) is 4.79 Å². The van der Waals surface area contributed by atoms with E-state index in [2.05, 4.69) is 0 Å². The fourth-order valence-electron chi connectivity index (χ4n) is 2.83. The Morgan fingerprint density at radius 2 is 1.73 bits per heavy atom. The number of carboxylic acids is 1. The number of ether oxygens (including phenoxy) is 2. The summed E-state index contributed by atoms with van der Waals surface area (Å²) in [5.41, 5.74) is 2.09. The molecular weight excluding hydrogens is 280 g/mol. The third-order valence-electron chi connectivity index (χ3n) is 4.31. The quantitative estimate of drug-likeness (QED) is 0.918. The van der Waals surface area contributed by atoms with Crippen LogP contribution in [0.3, 0.4) is 0 Å². The predicted molar refractivity (Wildman–Crippen MR) is 83.5 cm³/mol. The van der Waals surface area contributed by atoms with Crippen molar-refractivity contribution in [3.63, 3.8) is 0 Å².